The average Bonchev–Trinajstić information content (AvgIpc) is 3.28. The van der Waals surface area contributed by atoms with Crippen LogP contribution in [0.2, 0.25) is 0 Å². The summed E-state index contributed by atoms with van der Waals surface area (Å²) in [6.07, 6.45) is 1.73. The van der Waals surface area contributed by atoms with Crippen LogP contribution in [-0.2, 0) is 0 Å². The normalized spacial score (nSPS) is 10.4. The molecular weight excluding hydrogens is 414 g/mol. The number of thiazole rings is 1. The van der Waals surface area contributed by atoms with Crippen molar-refractivity contribution in [1.82, 2.24) is 9.97 Å². The summed E-state index contributed by atoms with van der Waals surface area (Å²) >= 11 is 1.47. The lowest BCUT2D eigenvalue weighted by Crippen LogP contribution is -2.09. The van der Waals surface area contributed by atoms with Crippen LogP contribution in [0.5, 0.6) is 17.2 Å². The fraction of sp³-hybridized carbons (Fsp3) is 0.0870. The van der Waals surface area contributed by atoms with Gasteiger partial charge in [-0.25, -0.2) is 9.78 Å². The molecule has 2 aromatic carbocycles. The molecule has 0 radical (unpaired) electrons. The number of nitrogens with one attached hydrogen (secondary N) is 1. The third-order valence-corrected chi connectivity index (χ3v) is 5.07. The van der Waals surface area contributed by atoms with E-state index in [0.29, 0.717) is 27.9 Å². The Hall–Kier alpha value is -3.91. The lowest BCUT2D eigenvalue weighted by molar-refractivity contribution is 0.0734. The monoisotopic (exact) mass is 433 g/mol. The van der Waals surface area contributed by atoms with Crippen LogP contribution in [0.15, 0.2) is 72.2 Å². The van der Waals surface area contributed by atoms with E-state index < -0.39 is 5.97 Å². The second kappa shape index (κ2) is 9.27. The molecule has 8 heteroatoms. The lowest BCUT2D eigenvalue weighted by atomic mass is 10.2. The number of hydrogen-bond donors (Lipinski definition) is 1. The largest absolute Gasteiger partial charge is 0.497 e. The number of hydrogen-bond acceptors (Lipinski definition) is 8. The Bertz CT molecular complexity index is 1170. The summed E-state index contributed by atoms with van der Waals surface area (Å²) in [5.74, 6) is 0.905. The van der Waals surface area contributed by atoms with Crippen LogP contribution in [0.3, 0.4) is 0 Å². The van der Waals surface area contributed by atoms with E-state index in [1.807, 2.05) is 29.6 Å². The first-order chi connectivity index (χ1) is 15.1. The van der Waals surface area contributed by atoms with Crippen molar-refractivity contribution in [2.75, 3.05) is 19.5 Å². The molecule has 1 N–H and O–H groups in total. The topological polar surface area (TPSA) is 82.6 Å². The number of carbonyl (C=O) groups excluding carboxylic acids is 1. The molecule has 31 heavy (non-hydrogen) atoms. The highest BCUT2D eigenvalue weighted by molar-refractivity contribution is 7.14. The summed E-state index contributed by atoms with van der Waals surface area (Å²) in [6.45, 7) is 0. The van der Waals surface area contributed by atoms with Crippen LogP contribution in [0.25, 0.3) is 11.4 Å². The Morgan fingerprint density at radius 2 is 1.71 bits per heavy atom. The average molecular weight is 433 g/mol. The van der Waals surface area contributed by atoms with Crippen molar-refractivity contribution in [3.8, 4) is 28.6 Å². The van der Waals surface area contributed by atoms with Gasteiger partial charge in [0, 0.05) is 29.4 Å². The number of methoxy groups -OCH3 is 2. The number of aromatic nitrogens is 2. The first-order valence-corrected chi connectivity index (χ1v) is 10.2. The van der Waals surface area contributed by atoms with Crippen molar-refractivity contribution in [2.24, 2.45) is 0 Å². The van der Waals surface area contributed by atoms with Crippen LogP contribution in [0, 0.1) is 0 Å². The summed E-state index contributed by atoms with van der Waals surface area (Å²) in [4.78, 5) is 21.5. The zero-order valence-corrected chi connectivity index (χ0v) is 17.7. The van der Waals surface area contributed by atoms with Crippen molar-refractivity contribution < 1.29 is 19.0 Å². The number of ether oxygens (including phenoxy) is 3. The maximum Gasteiger partial charge on any atom is 0.343 e. The SMILES string of the molecule is COc1cc(OC)cc(C(=O)Oc2cccc(Nc3nc(-c4ccccn4)cs3)c2)c1. The van der Waals surface area contributed by atoms with Crippen molar-refractivity contribution >= 4 is 28.1 Å². The Morgan fingerprint density at radius 3 is 2.42 bits per heavy atom. The molecule has 7 nitrogen and oxygen atoms in total. The molecule has 4 rings (SSSR count). The van der Waals surface area contributed by atoms with Gasteiger partial charge in [0.15, 0.2) is 5.13 Å². The van der Waals surface area contributed by atoms with E-state index in [1.165, 1.54) is 25.6 Å². The van der Waals surface area contributed by atoms with E-state index in [1.54, 1.807) is 42.6 Å². The van der Waals surface area contributed by atoms with Crippen LogP contribution in [-0.4, -0.2) is 30.2 Å². The molecule has 0 aliphatic rings. The predicted octanol–water partition coefficient (Wildman–Crippen LogP) is 5.19. The van der Waals surface area contributed by atoms with Gasteiger partial charge in [-0.15, -0.1) is 11.3 Å². The summed E-state index contributed by atoms with van der Waals surface area (Å²) in [5.41, 5.74) is 2.68. The number of esters is 1. The second-order valence-electron chi connectivity index (χ2n) is 6.40. The van der Waals surface area contributed by atoms with E-state index in [-0.39, 0.29) is 0 Å². The van der Waals surface area contributed by atoms with Crippen LogP contribution in [0.1, 0.15) is 10.4 Å². The molecule has 0 atom stereocenters. The first kappa shape index (κ1) is 20.4. The van der Waals surface area contributed by atoms with Gasteiger partial charge in [-0.3, -0.25) is 4.98 Å². The fourth-order valence-corrected chi connectivity index (χ4v) is 3.54. The van der Waals surface area contributed by atoms with Crippen LogP contribution >= 0.6 is 11.3 Å². The maximum absolute atomic E-state index is 12.6. The van der Waals surface area contributed by atoms with Gasteiger partial charge in [0.1, 0.15) is 22.9 Å². The minimum Gasteiger partial charge on any atom is -0.497 e. The minimum atomic E-state index is -0.513. The van der Waals surface area contributed by atoms with Gasteiger partial charge in [-0.05, 0) is 36.4 Å². The quantitative estimate of drug-likeness (QED) is 0.317. The molecule has 4 aromatic rings. The molecule has 156 valence electrons. The van der Waals surface area contributed by atoms with Crippen molar-refractivity contribution in [2.45, 2.75) is 0 Å². The smallest absolute Gasteiger partial charge is 0.343 e. The van der Waals surface area contributed by atoms with Crippen molar-refractivity contribution in [3.63, 3.8) is 0 Å². The van der Waals surface area contributed by atoms with Crippen molar-refractivity contribution in [3.05, 3.63) is 77.8 Å². The molecule has 0 spiro atoms. The van der Waals surface area contributed by atoms with Gasteiger partial charge in [-0.1, -0.05) is 12.1 Å². The van der Waals surface area contributed by atoms with Crippen LogP contribution < -0.4 is 19.5 Å². The number of anilines is 2. The minimum absolute atomic E-state index is 0.328. The summed E-state index contributed by atoms with van der Waals surface area (Å²) in [6, 6.07) is 17.7. The Morgan fingerprint density at radius 1 is 0.903 bits per heavy atom. The van der Waals surface area contributed by atoms with E-state index in [9.17, 15) is 4.79 Å². The van der Waals surface area contributed by atoms with Gasteiger partial charge in [0.25, 0.3) is 0 Å². The molecule has 0 fully saturated rings. The van der Waals surface area contributed by atoms with E-state index in [2.05, 4.69) is 15.3 Å². The number of nitrogens with zero attached hydrogens (tertiary/aromatic N) is 2. The van der Waals surface area contributed by atoms with E-state index in [0.717, 1.165) is 17.1 Å². The van der Waals surface area contributed by atoms with Crippen LogP contribution in [0.4, 0.5) is 10.8 Å². The lowest BCUT2D eigenvalue weighted by Gasteiger charge is -2.10. The highest BCUT2D eigenvalue weighted by Crippen LogP contribution is 2.28. The highest BCUT2D eigenvalue weighted by Gasteiger charge is 2.13. The molecule has 2 heterocycles. The summed E-state index contributed by atoms with van der Waals surface area (Å²) in [7, 11) is 3.05. The standard InChI is InChI=1S/C23H19N3O4S/c1-28-18-10-15(11-19(13-18)29-2)22(27)30-17-7-5-6-16(12-17)25-23-26-21(14-31-23)20-8-3-4-9-24-20/h3-14H,1-2H3,(H,25,26). The van der Waals surface area contributed by atoms with Gasteiger partial charge < -0.3 is 19.5 Å². The number of pyridine rings is 1. The highest BCUT2D eigenvalue weighted by atomic mass is 32.1. The van der Waals surface area contributed by atoms with Gasteiger partial charge in [0.2, 0.25) is 0 Å². The molecule has 0 saturated carbocycles. The zero-order chi connectivity index (χ0) is 21.6. The fourth-order valence-electron chi connectivity index (χ4n) is 2.82. The molecular formula is C23H19N3O4S. The van der Waals surface area contributed by atoms with E-state index in [4.69, 9.17) is 14.2 Å². The molecule has 0 saturated heterocycles. The number of benzene rings is 2. The molecule has 0 amide bonds. The summed E-state index contributed by atoms with van der Waals surface area (Å²) < 4.78 is 16.0. The molecule has 0 unspecified atom stereocenters. The summed E-state index contributed by atoms with van der Waals surface area (Å²) in [5, 5.41) is 5.88. The molecule has 0 aliphatic carbocycles. The van der Waals surface area contributed by atoms with Gasteiger partial charge in [0.05, 0.1) is 25.5 Å². The van der Waals surface area contributed by atoms with Crippen molar-refractivity contribution in [1.29, 1.82) is 0 Å². The third kappa shape index (κ3) is 4.99. The molecule has 0 bridgehead atoms. The maximum atomic E-state index is 12.6. The van der Waals surface area contributed by atoms with Gasteiger partial charge >= 0.3 is 5.97 Å². The third-order valence-electron chi connectivity index (χ3n) is 4.31. The van der Waals surface area contributed by atoms with Gasteiger partial charge in [-0.2, -0.15) is 0 Å². The number of rotatable bonds is 7. The zero-order valence-electron chi connectivity index (χ0n) is 16.9. The predicted molar refractivity (Wildman–Crippen MR) is 120 cm³/mol. The number of carbonyl (C=O) groups is 1. The molecule has 0 aliphatic heterocycles. The Labute approximate surface area is 183 Å². The van der Waals surface area contributed by atoms with E-state index >= 15 is 0 Å². The first-order valence-electron chi connectivity index (χ1n) is 9.34. The second-order valence-corrected chi connectivity index (χ2v) is 7.25. The molecule has 2 aromatic heterocycles. The Kier molecular flexibility index (Phi) is 6.09. The Balaban J connectivity index is 1.48.